The Balaban J connectivity index is 1.79. The molecule has 0 spiro atoms. The number of aryl methyl sites for hydroxylation is 1. The van der Waals surface area contributed by atoms with Crippen LogP contribution in [0.4, 0.5) is 18.9 Å². The zero-order valence-corrected chi connectivity index (χ0v) is 18.7. The molecule has 176 valence electrons. The van der Waals surface area contributed by atoms with Gasteiger partial charge in [-0.2, -0.15) is 13.2 Å². The SMILES string of the molecule is CNC(O)c1cc2c(N3CCCN(C)CC3)ccnc2n2c3c(nc12)CCC(C(F)(F)F)=C3. The van der Waals surface area contributed by atoms with Gasteiger partial charge < -0.3 is 14.9 Å². The van der Waals surface area contributed by atoms with Crippen molar-refractivity contribution < 1.29 is 18.3 Å². The summed E-state index contributed by atoms with van der Waals surface area (Å²) in [6.45, 7) is 3.62. The van der Waals surface area contributed by atoms with E-state index in [2.05, 4.69) is 32.1 Å². The highest BCUT2D eigenvalue weighted by Gasteiger charge is 2.36. The summed E-state index contributed by atoms with van der Waals surface area (Å²) < 4.78 is 42.2. The standard InChI is InChI=1S/C23H27F3N6O/c1-27-22(33)16-13-15-18(31-9-3-8-30(2)10-11-31)6-7-28-20(15)32-19-12-14(23(24,25)26)4-5-17(19)29-21(16)32/h6-7,12-13,22,27,33H,3-5,8-11H2,1-2H3. The summed E-state index contributed by atoms with van der Waals surface area (Å²) in [5, 5.41) is 14.3. The number of aliphatic hydroxyl groups excluding tert-OH is 1. The predicted molar refractivity (Wildman–Crippen MR) is 121 cm³/mol. The van der Waals surface area contributed by atoms with Crippen LogP contribution in [0.15, 0.2) is 23.9 Å². The van der Waals surface area contributed by atoms with Crippen molar-refractivity contribution in [2.45, 2.75) is 31.7 Å². The van der Waals surface area contributed by atoms with Gasteiger partial charge in [0.15, 0.2) is 0 Å². The maximum Gasteiger partial charge on any atom is 0.412 e. The van der Waals surface area contributed by atoms with E-state index in [-0.39, 0.29) is 12.8 Å². The van der Waals surface area contributed by atoms with Crippen molar-refractivity contribution in [2.75, 3.05) is 45.2 Å². The highest BCUT2D eigenvalue weighted by Crippen LogP contribution is 2.38. The Morgan fingerprint density at radius 2 is 1.94 bits per heavy atom. The maximum atomic E-state index is 13.5. The molecule has 0 radical (unpaired) electrons. The number of fused-ring (bicyclic) bond motifs is 5. The first-order chi connectivity index (χ1) is 15.8. The van der Waals surface area contributed by atoms with Gasteiger partial charge in [-0.3, -0.25) is 9.72 Å². The van der Waals surface area contributed by atoms with Gasteiger partial charge in [-0.25, -0.2) is 9.97 Å². The number of aromatic nitrogens is 3. The van der Waals surface area contributed by atoms with Crippen molar-refractivity contribution >= 4 is 28.4 Å². The van der Waals surface area contributed by atoms with Crippen LogP contribution >= 0.6 is 0 Å². The summed E-state index contributed by atoms with van der Waals surface area (Å²) in [7, 11) is 3.73. The number of nitrogens with zero attached hydrogens (tertiary/aromatic N) is 5. The van der Waals surface area contributed by atoms with Gasteiger partial charge in [0, 0.05) is 48.0 Å². The molecule has 2 N–H and O–H groups in total. The number of rotatable bonds is 3. The second-order valence-corrected chi connectivity index (χ2v) is 8.77. The van der Waals surface area contributed by atoms with E-state index in [1.807, 2.05) is 12.1 Å². The first-order valence-corrected chi connectivity index (χ1v) is 11.2. The minimum Gasteiger partial charge on any atom is -0.374 e. The zero-order chi connectivity index (χ0) is 23.3. The molecule has 0 bridgehead atoms. The van der Waals surface area contributed by atoms with Gasteiger partial charge >= 0.3 is 6.18 Å². The number of hydrogen-bond acceptors (Lipinski definition) is 6. The van der Waals surface area contributed by atoms with Crippen molar-refractivity contribution in [1.29, 1.82) is 0 Å². The Morgan fingerprint density at radius 3 is 2.70 bits per heavy atom. The van der Waals surface area contributed by atoms with Crippen LogP contribution in [0.3, 0.4) is 0 Å². The third-order valence-electron chi connectivity index (χ3n) is 6.64. The third kappa shape index (κ3) is 3.85. The van der Waals surface area contributed by atoms with Crippen molar-refractivity contribution in [3.8, 4) is 0 Å². The number of nitrogens with one attached hydrogen (secondary N) is 1. The van der Waals surface area contributed by atoms with Gasteiger partial charge in [-0.15, -0.1) is 0 Å². The zero-order valence-electron chi connectivity index (χ0n) is 18.7. The highest BCUT2D eigenvalue weighted by atomic mass is 19.4. The Morgan fingerprint density at radius 1 is 1.12 bits per heavy atom. The van der Waals surface area contributed by atoms with Crippen molar-refractivity contribution in [3.05, 3.63) is 40.9 Å². The number of halogens is 3. The minimum absolute atomic E-state index is 0.109. The number of hydrogen-bond donors (Lipinski definition) is 2. The summed E-state index contributed by atoms with van der Waals surface area (Å²) >= 11 is 0. The van der Waals surface area contributed by atoms with Crippen molar-refractivity contribution in [3.63, 3.8) is 0 Å². The van der Waals surface area contributed by atoms with E-state index >= 15 is 0 Å². The second kappa shape index (κ2) is 8.27. The molecule has 1 aliphatic carbocycles. The summed E-state index contributed by atoms with van der Waals surface area (Å²) in [6.07, 6.45) is -1.44. The first-order valence-electron chi connectivity index (χ1n) is 11.2. The average molecular weight is 461 g/mol. The molecule has 1 saturated heterocycles. The van der Waals surface area contributed by atoms with Gasteiger partial charge in [0.25, 0.3) is 0 Å². The third-order valence-corrected chi connectivity index (χ3v) is 6.64. The van der Waals surface area contributed by atoms with E-state index in [1.165, 1.54) is 6.08 Å². The van der Waals surface area contributed by atoms with Crippen LogP contribution in [0.2, 0.25) is 0 Å². The van der Waals surface area contributed by atoms with Crippen LogP contribution in [0, 0.1) is 0 Å². The Labute approximate surface area is 189 Å². The normalized spacial score (nSPS) is 19.0. The molecule has 4 heterocycles. The number of pyridine rings is 2. The molecule has 2 aliphatic rings. The molecule has 1 atom stereocenters. The fourth-order valence-corrected chi connectivity index (χ4v) is 4.84. The molecular weight excluding hydrogens is 433 g/mol. The van der Waals surface area contributed by atoms with Crippen LogP contribution in [0.1, 0.15) is 36.0 Å². The molecule has 1 unspecified atom stereocenters. The number of anilines is 1. The average Bonchev–Trinajstić information content (AvgIpc) is 3.05. The van der Waals surface area contributed by atoms with Crippen LogP contribution in [0.25, 0.3) is 22.8 Å². The molecule has 33 heavy (non-hydrogen) atoms. The smallest absolute Gasteiger partial charge is 0.374 e. The fraction of sp³-hybridized carbons (Fsp3) is 0.478. The maximum absolute atomic E-state index is 13.5. The summed E-state index contributed by atoms with van der Waals surface area (Å²) in [5.41, 5.74) is 2.84. The van der Waals surface area contributed by atoms with Gasteiger partial charge in [-0.1, -0.05) is 0 Å². The fourth-order valence-electron chi connectivity index (χ4n) is 4.84. The molecule has 1 aliphatic heterocycles. The Bertz CT molecular complexity index is 1230. The molecular formula is C23H27F3N6O. The van der Waals surface area contributed by atoms with E-state index in [0.717, 1.165) is 43.7 Å². The Kier molecular flexibility index (Phi) is 5.54. The largest absolute Gasteiger partial charge is 0.412 e. The van der Waals surface area contributed by atoms with Gasteiger partial charge in [-0.05, 0) is 58.1 Å². The molecule has 3 aromatic heterocycles. The van der Waals surface area contributed by atoms with Crippen molar-refractivity contribution in [2.24, 2.45) is 0 Å². The van der Waals surface area contributed by atoms with Crippen LogP contribution < -0.4 is 10.2 Å². The Hall–Kier alpha value is -2.69. The molecule has 0 amide bonds. The molecule has 5 rings (SSSR count). The molecule has 10 heteroatoms. The van der Waals surface area contributed by atoms with Crippen LogP contribution in [-0.2, 0) is 6.42 Å². The predicted octanol–water partition coefficient (Wildman–Crippen LogP) is 3.13. The lowest BCUT2D eigenvalue weighted by Gasteiger charge is -2.25. The van der Waals surface area contributed by atoms with Crippen LogP contribution in [0.5, 0.6) is 0 Å². The minimum atomic E-state index is -4.39. The molecule has 0 saturated carbocycles. The number of alkyl halides is 3. The van der Waals surface area contributed by atoms with E-state index in [1.54, 1.807) is 17.6 Å². The summed E-state index contributed by atoms with van der Waals surface area (Å²) in [5.74, 6) is 0. The molecule has 1 fully saturated rings. The lowest BCUT2D eigenvalue weighted by Crippen LogP contribution is -2.29. The topological polar surface area (TPSA) is 68.9 Å². The van der Waals surface area contributed by atoms with E-state index < -0.39 is 18.0 Å². The van der Waals surface area contributed by atoms with E-state index in [4.69, 9.17) is 0 Å². The van der Waals surface area contributed by atoms with E-state index in [0.29, 0.717) is 28.2 Å². The number of imidazole rings is 1. The van der Waals surface area contributed by atoms with Gasteiger partial charge in [0.05, 0.1) is 11.4 Å². The summed E-state index contributed by atoms with van der Waals surface area (Å²) in [4.78, 5) is 13.8. The lowest BCUT2D eigenvalue weighted by molar-refractivity contribution is -0.0931. The van der Waals surface area contributed by atoms with Crippen LogP contribution in [-0.4, -0.2) is 70.8 Å². The second-order valence-electron chi connectivity index (χ2n) is 8.77. The lowest BCUT2D eigenvalue weighted by atomic mass is 9.99. The number of aliphatic hydroxyl groups is 1. The van der Waals surface area contributed by atoms with Crippen molar-refractivity contribution in [1.82, 2.24) is 24.6 Å². The summed E-state index contributed by atoms with van der Waals surface area (Å²) in [6, 6.07) is 3.81. The number of allylic oxidation sites excluding steroid dienone is 1. The quantitative estimate of drug-likeness (QED) is 0.586. The van der Waals surface area contributed by atoms with Gasteiger partial charge in [0.2, 0.25) is 0 Å². The first kappa shape index (κ1) is 22.1. The van der Waals surface area contributed by atoms with E-state index in [9.17, 15) is 18.3 Å². The van der Waals surface area contributed by atoms with Gasteiger partial charge in [0.1, 0.15) is 17.5 Å². The highest BCUT2D eigenvalue weighted by molar-refractivity contribution is 5.93. The number of likely N-dealkylation sites (N-methyl/N-ethyl adjacent to an activating group) is 1. The molecule has 0 aromatic carbocycles. The monoisotopic (exact) mass is 460 g/mol. The molecule has 3 aromatic rings. The molecule has 7 nitrogen and oxygen atoms in total.